The van der Waals surface area contributed by atoms with Gasteiger partial charge in [0.1, 0.15) is 6.54 Å². The molecule has 0 aliphatic heterocycles. The first-order chi connectivity index (χ1) is 12.8. The molecule has 0 saturated heterocycles. The molecule has 0 bridgehead atoms. The summed E-state index contributed by atoms with van der Waals surface area (Å²) in [6.45, 7) is 8.12. The minimum atomic E-state index is -0.421. The maximum atomic E-state index is 12.9. The van der Waals surface area contributed by atoms with Crippen LogP contribution in [0.5, 0.6) is 0 Å². The third kappa shape index (κ3) is 4.73. The van der Waals surface area contributed by atoms with Gasteiger partial charge >= 0.3 is 6.03 Å². The van der Waals surface area contributed by atoms with Gasteiger partial charge in [0, 0.05) is 16.8 Å². The van der Waals surface area contributed by atoms with Crippen molar-refractivity contribution in [1.82, 2.24) is 15.0 Å². The van der Waals surface area contributed by atoms with Crippen molar-refractivity contribution in [2.24, 2.45) is 0 Å². The Labute approximate surface area is 159 Å². The number of nitrogens with zero attached hydrogens (tertiary/aromatic N) is 3. The van der Waals surface area contributed by atoms with E-state index in [9.17, 15) is 4.79 Å². The first-order valence-electron chi connectivity index (χ1n) is 8.86. The van der Waals surface area contributed by atoms with Crippen molar-refractivity contribution in [3.8, 4) is 11.4 Å². The van der Waals surface area contributed by atoms with Crippen molar-refractivity contribution in [3.63, 3.8) is 0 Å². The fourth-order valence-corrected chi connectivity index (χ4v) is 2.69. The lowest BCUT2D eigenvalue weighted by Crippen LogP contribution is -2.47. The van der Waals surface area contributed by atoms with E-state index < -0.39 is 5.54 Å². The highest BCUT2D eigenvalue weighted by Gasteiger charge is 2.28. The number of rotatable bonds is 4. The van der Waals surface area contributed by atoms with Gasteiger partial charge in [0.2, 0.25) is 11.7 Å². The topological polar surface area (TPSA) is 71.3 Å². The van der Waals surface area contributed by atoms with E-state index >= 15 is 0 Å². The van der Waals surface area contributed by atoms with E-state index in [0.29, 0.717) is 11.7 Å². The molecule has 27 heavy (non-hydrogen) atoms. The third-order valence-corrected chi connectivity index (χ3v) is 4.12. The van der Waals surface area contributed by atoms with Gasteiger partial charge in [-0.25, -0.2) is 4.79 Å². The SMILES string of the molecule is Cc1cccc(NC(=O)N(Cc2nc(-c3ccccc3)no2)C(C)(C)C)c1. The summed E-state index contributed by atoms with van der Waals surface area (Å²) < 4.78 is 5.38. The number of benzene rings is 2. The number of amides is 2. The highest BCUT2D eigenvalue weighted by atomic mass is 16.5. The summed E-state index contributed by atoms with van der Waals surface area (Å²) in [7, 11) is 0. The van der Waals surface area contributed by atoms with E-state index in [2.05, 4.69) is 15.5 Å². The number of anilines is 1. The zero-order valence-electron chi connectivity index (χ0n) is 16.1. The molecule has 0 radical (unpaired) electrons. The zero-order chi connectivity index (χ0) is 19.4. The van der Waals surface area contributed by atoms with E-state index in [4.69, 9.17) is 4.52 Å². The van der Waals surface area contributed by atoms with Crippen LogP contribution >= 0.6 is 0 Å². The van der Waals surface area contributed by atoms with Crippen LogP contribution in [0.3, 0.4) is 0 Å². The highest BCUT2D eigenvalue weighted by Crippen LogP contribution is 2.21. The Morgan fingerprint density at radius 2 is 1.85 bits per heavy atom. The Morgan fingerprint density at radius 1 is 1.11 bits per heavy atom. The average molecular weight is 364 g/mol. The van der Waals surface area contributed by atoms with E-state index in [1.807, 2.05) is 82.3 Å². The second kappa shape index (κ2) is 7.61. The summed E-state index contributed by atoms with van der Waals surface area (Å²) in [6.07, 6.45) is 0. The van der Waals surface area contributed by atoms with Gasteiger partial charge in [-0.05, 0) is 45.4 Å². The predicted molar refractivity (Wildman–Crippen MR) is 105 cm³/mol. The van der Waals surface area contributed by atoms with Gasteiger partial charge in [-0.2, -0.15) is 4.98 Å². The van der Waals surface area contributed by atoms with Crippen LogP contribution in [0, 0.1) is 6.92 Å². The summed E-state index contributed by atoms with van der Waals surface area (Å²) >= 11 is 0. The van der Waals surface area contributed by atoms with Crippen molar-refractivity contribution in [3.05, 3.63) is 66.1 Å². The molecule has 3 aromatic rings. The summed E-state index contributed by atoms with van der Waals surface area (Å²) in [4.78, 5) is 19.0. The van der Waals surface area contributed by atoms with Crippen molar-refractivity contribution >= 4 is 11.7 Å². The van der Waals surface area contributed by atoms with Crippen LogP contribution in [0.25, 0.3) is 11.4 Å². The average Bonchev–Trinajstić information content (AvgIpc) is 3.08. The molecule has 0 aliphatic carbocycles. The van der Waals surface area contributed by atoms with Crippen LogP contribution in [-0.4, -0.2) is 26.6 Å². The number of hydrogen-bond acceptors (Lipinski definition) is 4. The van der Waals surface area contributed by atoms with Gasteiger partial charge in [-0.1, -0.05) is 47.6 Å². The number of hydrogen-bond donors (Lipinski definition) is 1. The van der Waals surface area contributed by atoms with Gasteiger partial charge in [0.15, 0.2) is 0 Å². The van der Waals surface area contributed by atoms with Gasteiger partial charge in [0.25, 0.3) is 0 Å². The normalized spacial score (nSPS) is 11.3. The number of carbonyl (C=O) groups is 1. The smallest absolute Gasteiger partial charge is 0.322 e. The van der Waals surface area contributed by atoms with Crippen molar-refractivity contribution < 1.29 is 9.32 Å². The molecular weight excluding hydrogens is 340 g/mol. The predicted octanol–water partition coefficient (Wildman–Crippen LogP) is 4.88. The lowest BCUT2D eigenvalue weighted by atomic mass is 10.1. The molecule has 1 aromatic heterocycles. The maximum Gasteiger partial charge on any atom is 0.322 e. The molecule has 0 atom stereocenters. The van der Waals surface area contributed by atoms with Crippen molar-refractivity contribution in [2.45, 2.75) is 39.8 Å². The molecule has 3 rings (SSSR count). The number of urea groups is 1. The minimum absolute atomic E-state index is 0.215. The number of aryl methyl sites for hydroxylation is 1. The molecule has 1 heterocycles. The monoisotopic (exact) mass is 364 g/mol. The molecule has 0 aliphatic rings. The molecular formula is C21H24N4O2. The first-order valence-corrected chi connectivity index (χ1v) is 8.86. The molecule has 1 N–H and O–H groups in total. The highest BCUT2D eigenvalue weighted by molar-refractivity contribution is 5.89. The van der Waals surface area contributed by atoms with Crippen LogP contribution in [0.2, 0.25) is 0 Å². The third-order valence-electron chi connectivity index (χ3n) is 4.12. The zero-order valence-corrected chi connectivity index (χ0v) is 16.1. The molecule has 6 heteroatoms. The fraction of sp³-hybridized carbons (Fsp3) is 0.286. The Bertz CT molecular complexity index is 913. The minimum Gasteiger partial charge on any atom is -0.337 e. The number of nitrogens with one attached hydrogen (secondary N) is 1. The molecule has 2 amide bonds. The largest absolute Gasteiger partial charge is 0.337 e. The molecule has 6 nitrogen and oxygen atoms in total. The standard InChI is InChI=1S/C21H24N4O2/c1-15-9-8-12-17(13-15)22-20(26)25(21(2,3)4)14-18-23-19(24-27-18)16-10-6-5-7-11-16/h5-13H,14H2,1-4H3,(H,22,26). The van der Waals surface area contributed by atoms with Crippen LogP contribution in [-0.2, 0) is 6.54 Å². The Hall–Kier alpha value is -3.15. The second-order valence-corrected chi connectivity index (χ2v) is 7.43. The first kappa shape index (κ1) is 18.6. The lowest BCUT2D eigenvalue weighted by molar-refractivity contribution is 0.140. The van der Waals surface area contributed by atoms with Crippen molar-refractivity contribution in [1.29, 1.82) is 0 Å². The van der Waals surface area contributed by atoms with Crippen LogP contribution in [0.15, 0.2) is 59.1 Å². The van der Waals surface area contributed by atoms with Gasteiger partial charge in [-0.15, -0.1) is 0 Å². The fourth-order valence-electron chi connectivity index (χ4n) is 2.69. The molecule has 0 fully saturated rings. The Balaban J connectivity index is 1.78. The van der Waals surface area contributed by atoms with Crippen molar-refractivity contribution in [2.75, 3.05) is 5.32 Å². The van der Waals surface area contributed by atoms with Gasteiger partial charge in [-0.3, -0.25) is 0 Å². The number of carbonyl (C=O) groups excluding carboxylic acids is 1. The molecule has 0 unspecified atom stereocenters. The summed E-state index contributed by atoms with van der Waals surface area (Å²) in [5.74, 6) is 0.904. The van der Waals surface area contributed by atoms with Crippen LogP contribution in [0.1, 0.15) is 32.2 Å². The quantitative estimate of drug-likeness (QED) is 0.716. The Kier molecular flexibility index (Phi) is 5.26. The van der Waals surface area contributed by atoms with Crippen LogP contribution < -0.4 is 5.32 Å². The lowest BCUT2D eigenvalue weighted by Gasteiger charge is -2.34. The summed E-state index contributed by atoms with van der Waals surface area (Å²) in [5, 5.41) is 6.98. The Morgan fingerprint density at radius 3 is 2.52 bits per heavy atom. The van der Waals surface area contributed by atoms with E-state index in [-0.39, 0.29) is 12.6 Å². The molecule has 0 saturated carbocycles. The second-order valence-electron chi connectivity index (χ2n) is 7.43. The van der Waals surface area contributed by atoms with Gasteiger partial charge < -0.3 is 14.7 Å². The van der Waals surface area contributed by atoms with E-state index in [1.165, 1.54) is 0 Å². The summed E-state index contributed by atoms with van der Waals surface area (Å²) in [6, 6.07) is 17.1. The molecule has 140 valence electrons. The molecule has 0 spiro atoms. The van der Waals surface area contributed by atoms with Crippen LogP contribution in [0.4, 0.5) is 10.5 Å². The van der Waals surface area contributed by atoms with E-state index in [0.717, 1.165) is 16.8 Å². The maximum absolute atomic E-state index is 12.9. The van der Waals surface area contributed by atoms with Gasteiger partial charge in [0.05, 0.1) is 0 Å². The molecule has 2 aromatic carbocycles. The van der Waals surface area contributed by atoms with E-state index in [1.54, 1.807) is 4.90 Å². The number of aromatic nitrogens is 2. The summed E-state index contributed by atoms with van der Waals surface area (Å²) in [5.41, 5.74) is 2.29.